The first-order valence-corrected chi connectivity index (χ1v) is 9.36. The van der Waals surface area contributed by atoms with E-state index in [1.807, 2.05) is 32.4 Å². The summed E-state index contributed by atoms with van der Waals surface area (Å²) in [5, 5.41) is 11.9. The van der Waals surface area contributed by atoms with E-state index in [1.54, 1.807) is 4.68 Å². The quantitative estimate of drug-likeness (QED) is 0.600. The molecule has 1 aromatic carbocycles. The van der Waals surface area contributed by atoms with Crippen molar-refractivity contribution in [3.8, 4) is 28.3 Å². The number of aromatic amines is 1. The van der Waals surface area contributed by atoms with Crippen LogP contribution in [0.1, 0.15) is 24.5 Å². The first kappa shape index (κ1) is 16.1. The fourth-order valence-corrected chi connectivity index (χ4v) is 3.97. The first-order valence-electron chi connectivity index (χ1n) is 9.36. The zero-order valence-electron chi connectivity index (χ0n) is 15.5. The zero-order valence-corrected chi connectivity index (χ0v) is 15.5. The summed E-state index contributed by atoms with van der Waals surface area (Å²) in [6.45, 7) is 2.59. The standard InChI is InChI=1S/C21H21N5O/c1-3-27-18-10-17-21(19(25-24-17)14-11-22-26(2)12-14)23-20(18)16-9-5-7-13-6-4-8-15(13)16/h5,7,9-12H,3-4,6,8H2,1-2H3,(H,24,25). The summed E-state index contributed by atoms with van der Waals surface area (Å²) < 4.78 is 7.72. The van der Waals surface area contributed by atoms with Gasteiger partial charge in [0.05, 0.1) is 18.3 Å². The van der Waals surface area contributed by atoms with Crippen molar-refractivity contribution in [3.63, 3.8) is 0 Å². The smallest absolute Gasteiger partial charge is 0.147 e. The van der Waals surface area contributed by atoms with Crippen LogP contribution in [0.25, 0.3) is 33.5 Å². The Morgan fingerprint density at radius 2 is 2.15 bits per heavy atom. The van der Waals surface area contributed by atoms with Crippen LogP contribution in [-0.2, 0) is 19.9 Å². The van der Waals surface area contributed by atoms with Gasteiger partial charge in [-0.15, -0.1) is 0 Å². The van der Waals surface area contributed by atoms with Crippen LogP contribution >= 0.6 is 0 Å². The molecular weight excluding hydrogens is 338 g/mol. The lowest BCUT2D eigenvalue weighted by atomic mass is 9.99. The summed E-state index contributed by atoms with van der Waals surface area (Å²) >= 11 is 0. The van der Waals surface area contributed by atoms with Gasteiger partial charge in [-0.1, -0.05) is 18.2 Å². The van der Waals surface area contributed by atoms with Gasteiger partial charge >= 0.3 is 0 Å². The van der Waals surface area contributed by atoms with Gasteiger partial charge < -0.3 is 4.74 Å². The highest BCUT2D eigenvalue weighted by atomic mass is 16.5. The lowest BCUT2D eigenvalue weighted by Gasteiger charge is -2.13. The third kappa shape index (κ3) is 2.60. The van der Waals surface area contributed by atoms with Crippen LogP contribution in [0.5, 0.6) is 5.75 Å². The highest BCUT2D eigenvalue weighted by molar-refractivity contribution is 5.92. The summed E-state index contributed by atoms with van der Waals surface area (Å²) in [7, 11) is 1.90. The number of aryl methyl sites for hydroxylation is 2. The monoisotopic (exact) mass is 359 g/mol. The molecule has 1 aliphatic carbocycles. The van der Waals surface area contributed by atoms with Crippen molar-refractivity contribution in [1.29, 1.82) is 0 Å². The highest BCUT2D eigenvalue weighted by Gasteiger charge is 2.21. The summed E-state index contributed by atoms with van der Waals surface area (Å²) in [6.07, 6.45) is 7.20. The van der Waals surface area contributed by atoms with Gasteiger partial charge in [-0.2, -0.15) is 10.2 Å². The Balaban J connectivity index is 1.75. The van der Waals surface area contributed by atoms with E-state index in [4.69, 9.17) is 9.72 Å². The fraction of sp³-hybridized carbons (Fsp3) is 0.286. The Morgan fingerprint density at radius 3 is 2.96 bits per heavy atom. The van der Waals surface area contributed by atoms with Crippen molar-refractivity contribution in [3.05, 3.63) is 47.8 Å². The molecule has 1 N–H and O–H groups in total. The van der Waals surface area contributed by atoms with Crippen LogP contribution in [0.4, 0.5) is 0 Å². The molecule has 0 aliphatic heterocycles. The molecule has 0 unspecified atom stereocenters. The topological polar surface area (TPSA) is 68.6 Å². The molecule has 3 heterocycles. The van der Waals surface area contributed by atoms with Crippen molar-refractivity contribution in [2.24, 2.45) is 7.05 Å². The van der Waals surface area contributed by atoms with E-state index in [0.717, 1.165) is 46.6 Å². The highest BCUT2D eigenvalue weighted by Crippen LogP contribution is 2.38. The number of aromatic nitrogens is 5. The van der Waals surface area contributed by atoms with E-state index in [9.17, 15) is 0 Å². The second-order valence-electron chi connectivity index (χ2n) is 6.94. The second-order valence-corrected chi connectivity index (χ2v) is 6.94. The molecule has 6 nitrogen and oxygen atoms in total. The zero-order chi connectivity index (χ0) is 18.4. The molecule has 0 fully saturated rings. The average molecular weight is 359 g/mol. The van der Waals surface area contributed by atoms with Gasteiger partial charge in [0.1, 0.15) is 22.7 Å². The fourth-order valence-electron chi connectivity index (χ4n) is 3.97. The average Bonchev–Trinajstić information content (AvgIpc) is 3.39. The second kappa shape index (κ2) is 6.23. The van der Waals surface area contributed by atoms with Crippen molar-refractivity contribution in [2.75, 3.05) is 6.61 Å². The Hall–Kier alpha value is -3.15. The van der Waals surface area contributed by atoms with Crippen LogP contribution in [0.2, 0.25) is 0 Å². The number of ether oxygens (including phenoxy) is 1. The Labute approximate surface area is 157 Å². The molecule has 5 rings (SSSR count). The summed E-state index contributed by atoms with van der Waals surface area (Å²) in [6, 6.07) is 8.52. The minimum absolute atomic E-state index is 0.596. The number of pyridine rings is 1. The van der Waals surface area contributed by atoms with Crippen LogP contribution in [0, 0.1) is 0 Å². The molecule has 0 atom stereocenters. The molecular formula is C21H21N5O. The molecule has 27 heavy (non-hydrogen) atoms. The number of hydrogen-bond acceptors (Lipinski definition) is 4. The van der Waals surface area contributed by atoms with Crippen LogP contribution < -0.4 is 4.74 Å². The number of benzene rings is 1. The summed E-state index contributed by atoms with van der Waals surface area (Å²) in [4.78, 5) is 5.03. The van der Waals surface area contributed by atoms with Crippen molar-refractivity contribution in [2.45, 2.75) is 26.2 Å². The van der Waals surface area contributed by atoms with E-state index in [2.05, 4.69) is 33.5 Å². The molecule has 0 bridgehead atoms. The maximum atomic E-state index is 5.95. The van der Waals surface area contributed by atoms with Gasteiger partial charge in [0.15, 0.2) is 0 Å². The van der Waals surface area contributed by atoms with Gasteiger partial charge in [0, 0.05) is 30.4 Å². The van der Waals surface area contributed by atoms with Gasteiger partial charge in [-0.05, 0) is 37.3 Å². The molecule has 6 heteroatoms. The number of nitrogens with one attached hydrogen (secondary N) is 1. The van der Waals surface area contributed by atoms with Crippen molar-refractivity contribution in [1.82, 2.24) is 25.0 Å². The van der Waals surface area contributed by atoms with Crippen molar-refractivity contribution >= 4 is 11.0 Å². The minimum atomic E-state index is 0.596. The third-order valence-corrected chi connectivity index (χ3v) is 5.18. The molecule has 0 amide bonds. The van der Waals surface area contributed by atoms with Gasteiger partial charge in [0.2, 0.25) is 0 Å². The molecule has 1 aliphatic rings. The lowest BCUT2D eigenvalue weighted by molar-refractivity contribution is 0.341. The molecule has 0 spiro atoms. The number of fused-ring (bicyclic) bond motifs is 2. The summed E-state index contributed by atoms with van der Waals surface area (Å²) in [5.41, 5.74) is 8.38. The largest absolute Gasteiger partial charge is 0.492 e. The van der Waals surface area contributed by atoms with Gasteiger partial charge in [-0.3, -0.25) is 9.78 Å². The van der Waals surface area contributed by atoms with E-state index < -0.39 is 0 Å². The van der Waals surface area contributed by atoms with E-state index in [-0.39, 0.29) is 0 Å². The molecule has 4 aromatic rings. The predicted octanol–water partition coefficient (Wildman–Crippen LogP) is 3.91. The molecule has 0 saturated carbocycles. The Morgan fingerprint density at radius 1 is 1.22 bits per heavy atom. The minimum Gasteiger partial charge on any atom is -0.492 e. The SMILES string of the molecule is CCOc1cc2[nH]nc(-c3cnn(C)c3)c2nc1-c1cccc2c1CCC2. The van der Waals surface area contributed by atoms with Crippen LogP contribution in [-0.4, -0.2) is 31.6 Å². The lowest BCUT2D eigenvalue weighted by Crippen LogP contribution is -1.99. The molecule has 0 saturated heterocycles. The number of nitrogens with zero attached hydrogens (tertiary/aromatic N) is 4. The molecule has 3 aromatic heterocycles. The molecule has 136 valence electrons. The number of H-pyrrole nitrogens is 1. The van der Waals surface area contributed by atoms with Crippen molar-refractivity contribution < 1.29 is 4.74 Å². The normalized spacial score (nSPS) is 13.3. The van der Waals surface area contributed by atoms with E-state index >= 15 is 0 Å². The Kier molecular flexibility index (Phi) is 3.70. The Bertz CT molecular complexity index is 1140. The predicted molar refractivity (Wildman–Crippen MR) is 105 cm³/mol. The molecule has 0 radical (unpaired) electrons. The maximum Gasteiger partial charge on any atom is 0.147 e. The summed E-state index contributed by atoms with van der Waals surface area (Å²) in [5.74, 6) is 0.798. The van der Waals surface area contributed by atoms with Gasteiger partial charge in [0.25, 0.3) is 0 Å². The van der Waals surface area contributed by atoms with Crippen LogP contribution in [0.15, 0.2) is 36.7 Å². The number of rotatable bonds is 4. The first-order chi connectivity index (χ1) is 13.2. The van der Waals surface area contributed by atoms with E-state index in [1.165, 1.54) is 23.1 Å². The van der Waals surface area contributed by atoms with E-state index in [0.29, 0.717) is 6.61 Å². The third-order valence-electron chi connectivity index (χ3n) is 5.18. The number of hydrogen-bond donors (Lipinski definition) is 1. The van der Waals surface area contributed by atoms with Gasteiger partial charge in [-0.25, -0.2) is 4.98 Å². The maximum absolute atomic E-state index is 5.95. The van der Waals surface area contributed by atoms with Crippen LogP contribution in [0.3, 0.4) is 0 Å².